The van der Waals surface area contributed by atoms with Crippen LogP contribution < -0.4 is 5.32 Å². The maximum atomic E-state index is 13.1. The van der Waals surface area contributed by atoms with Crippen molar-refractivity contribution in [2.24, 2.45) is 0 Å². The third-order valence-corrected chi connectivity index (χ3v) is 7.48. The molecule has 31 heavy (non-hydrogen) atoms. The van der Waals surface area contributed by atoms with E-state index in [0.29, 0.717) is 13.1 Å². The van der Waals surface area contributed by atoms with E-state index in [-0.39, 0.29) is 22.9 Å². The molecule has 0 bridgehead atoms. The first kappa shape index (κ1) is 23.0. The third kappa shape index (κ3) is 5.14. The van der Waals surface area contributed by atoms with Crippen molar-refractivity contribution >= 4 is 27.5 Å². The van der Waals surface area contributed by atoms with Gasteiger partial charge in [0.25, 0.3) is 5.91 Å². The first-order chi connectivity index (χ1) is 14.7. The number of carbonyl (C=O) groups excluding carboxylic acids is 2. The molecule has 7 nitrogen and oxygen atoms in total. The van der Waals surface area contributed by atoms with Gasteiger partial charge in [-0.1, -0.05) is 36.8 Å². The predicted molar refractivity (Wildman–Crippen MR) is 121 cm³/mol. The van der Waals surface area contributed by atoms with Gasteiger partial charge in [0.05, 0.1) is 17.0 Å². The summed E-state index contributed by atoms with van der Waals surface area (Å²) < 4.78 is 27.7. The highest BCUT2D eigenvalue weighted by molar-refractivity contribution is 7.89. The second-order valence-corrected chi connectivity index (χ2v) is 9.84. The number of hydrogen-bond acceptors (Lipinski definition) is 4. The van der Waals surface area contributed by atoms with E-state index in [1.807, 2.05) is 32.0 Å². The monoisotopic (exact) mass is 443 g/mol. The van der Waals surface area contributed by atoms with E-state index in [1.54, 1.807) is 12.1 Å². The Morgan fingerprint density at radius 1 is 0.968 bits per heavy atom. The van der Waals surface area contributed by atoms with Gasteiger partial charge in [-0.05, 0) is 49.9 Å². The zero-order valence-corrected chi connectivity index (χ0v) is 19.0. The maximum absolute atomic E-state index is 13.1. The summed E-state index contributed by atoms with van der Waals surface area (Å²) in [6.07, 6.45) is 2.63. The molecule has 2 aromatic rings. The lowest BCUT2D eigenvalue weighted by molar-refractivity contribution is -0.116. The zero-order chi connectivity index (χ0) is 22.6. The predicted octanol–water partition coefficient (Wildman–Crippen LogP) is 3.19. The lowest BCUT2D eigenvalue weighted by atomic mass is 10.1. The maximum Gasteiger partial charge on any atom is 0.255 e. The van der Waals surface area contributed by atoms with Crippen molar-refractivity contribution in [2.75, 3.05) is 32.0 Å². The Kier molecular flexibility index (Phi) is 7.12. The number of anilines is 1. The summed E-state index contributed by atoms with van der Waals surface area (Å²) in [4.78, 5) is 26.9. The zero-order valence-electron chi connectivity index (χ0n) is 18.2. The number of nitrogens with one attached hydrogen (secondary N) is 1. The molecule has 0 radical (unpaired) electrons. The van der Waals surface area contributed by atoms with Gasteiger partial charge >= 0.3 is 0 Å². The van der Waals surface area contributed by atoms with E-state index >= 15 is 0 Å². The molecule has 1 heterocycles. The Labute approximate surface area is 184 Å². The Hall–Kier alpha value is -2.71. The van der Waals surface area contributed by atoms with E-state index in [1.165, 1.54) is 28.4 Å². The lowest BCUT2D eigenvalue weighted by Crippen LogP contribution is -2.38. The van der Waals surface area contributed by atoms with Crippen molar-refractivity contribution < 1.29 is 18.0 Å². The molecule has 0 spiro atoms. The number of hydrogen-bond donors (Lipinski definition) is 1. The molecule has 2 amide bonds. The Bertz CT molecular complexity index is 1060. The summed E-state index contributed by atoms with van der Waals surface area (Å²) in [6.45, 7) is 4.53. The molecule has 1 N–H and O–H groups in total. The van der Waals surface area contributed by atoms with E-state index in [2.05, 4.69) is 5.32 Å². The van der Waals surface area contributed by atoms with Gasteiger partial charge in [0.1, 0.15) is 0 Å². The van der Waals surface area contributed by atoms with Crippen LogP contribution in [-0.2, 0) is 14.8 Å². The fourth-order valence-corrected chi connectivity index (χ4v) is 5.50. The normalized spacial score (nSPS) is 14.8. The fourth-order valence-electron chi connectivity index (χ4n) is 3.80. The van der Waals surface area contributed by atoms with Gasteiger partial charge in [0, 0.05) is 25.8 Å². The number of sulfonamides is 1. The van der Waals surface area contributed by atoms with Gasteiger partial charge < -0.3 is 10.2 Å². The minimum atomic E-state index is -3.77. The molecule has 1 saturated heterocycles. The molecule has 0 aromatic heterocycles. The first-order valence-electron chi connectivity index (χ1n) is 10.4. The van der Waals surface area contributed by atoms with Crippen LogP contribution in [0.1, 0.15) is 40.7 Å². The number of benzene rings is 2. The van der Waals surface area contributed by atoms with Crippen molar-refractivity contribution in [3.8, 4) is 0 Å². The smallest absolute Gasteiger partial charge is 0.255 e. The van der Waals surface area contributed by atoms with E-state index in [9.17, 15) is 18.0 Å². The molecule has 1 fully saturated rings. The van der Waals surface area contributed by atoms with Gasteiger partial charge in [-0.25, -0.2) is 8.42 Å². The van der Waals surface area contributed by atoms with Crippen LogP contribution in [0, 0.1) is 13.8 Å². The standard InChI is InChI=1S/C23H29N3O4S/c1-17-10-9-11-18(2)22(17)24-21(27)16-25(3)23(28)19-12-5-6-13-20(19)31(29,30)26-14-7-4-8-15-26/h5-6,9-13H,4,7-8,14-16H2,1-3H3,(H,24,27). The summed E-state index contributed by atoms with van der Waals surface area (Å²) in [5, 5.41) is 2.85. The number of para-hydroxylation sites is 1. The second kappa shape index (κ2) is 9.62. The second-order valence-electron chi connectivity index (χ2n) is 7.94. The van der Waals surface area contributed by atoms with Crippen molar-refractivity contribution in [3.05, 3.63) is 59.2 Å². The molecule has 0 atom stereocenters. The summed E-state index contributed by atoms with van der Waals surface area (Å²) in [5.74, 6) is -0.850. The molecule has 166 valence electrons. The molecule has 0 aliphatic carbocycles. The van der Waals surface area contributed by atoms with Gasteiger partial charge in [0.15, 0.2) is 0 Å². The average molecular weight is 444 g/mol. The average Bonchev–Trinajstić information content (AvgIpc) is 2.76. The van der Waals surface area contributed by atoms with Crippen LogP contribution in [0.25, 0.3) is 0 Å². The Balaban J connectivity index is 1.77. The molecule has 0 saturated carbocycles. The summed E-state index contributed by atoms with van der Waals surface area (Å²) in [6, 6.07) is 11.9. The topological polar surface area (TPSA) is 86.8 Å². The highest BCUT2D eigenvalue weighted by atomic mass is 32.2. The van der Waals surface area contributed by atoms with Crippen LogP contribution in [0.15, 0.2) is 47.4 Å². The number of amides is 2. The number of nitrogens with zero attached hydrogens (tertiary/aromatic N) is 2. The van der Waals surface area contributed by atoms with Gasteiger partial charge in [-0.3, -0.25) is 9.59 Å². The highest BCUT2D eigenvalue weighted by Crippen LogP contribution is 2.24. The Morgan fingerprint density at radius 3 is 2.23 bits per heavy atom. The van der Waals surface area contributed by atoms with Gasteiger partial charge in [-0.15, -0.1) is 0 Å². The van der Waals surface area contributed by atoms with E-state index in [4.69, 9.17) is 0 Å². The minimum absolute atomic E-state index is 0.0103. The summed E-state index contributed by atoms with van der Waals surface area (Å²) >= 11 is 0. The lowest BCUT2D eigenvalue weighted by Gasteiger charge is -2.27. The van der Waals surface area contributed by atoms with E-state index in [0.717, 1.165) is 36.1 Å². The number of rotatable bonds is 6. The van der Waals surface area contributed by atoms with Crippen LogP contribution in [0.4, 0.5) is 5.69 Å². The van der Waals surface area contributed by atoms with E-state index < -0.39 is 15.9 Å². The van der Waals surface area contributed by atoms with Crippen molar-refractivity contribution in [1.82, 2.24) is 9.21 Å². The largest absolute Gasteiger partial charge is 0.332 e. The summed E-state index contributed by atoms with van der Waals surface area (Å²) in [5.41, 5.74) is 2.66. The highest BCUT2D eigenvalue weighted by Gasteiger charge is 2.30. The van der Waals surface area contributed by atoms with Crippen molar-refractivity contribution in [1.29, 1.82) is 0 Å². The third-order valence-electron chi connectivity index (χ3n) is 5.52. The number of aryl methyl sites for hydroxylation is 2. The van der Waals surface area contributed by atoms with Crippen LogP contribution >= 0.6 is 0 Å². The molecule has 8 heteroatoms. The quantitative estimate of drug-likeness (QED) is 0.743. The minimum Gasteiger partial charge on any atom is -0.332 e. The molecular formula is C23H29N3O4S. The Morgan fingerprint density at radius 2 is 1.58 bits per heavy atom. The molecular weight excluding hydrogens is 414 g/mol. The molecule has 1 aliphatic heterocycles. The van der Waals surface area contributed by atoms with Crippen molar-refractivity contribution in [3.63, 3.8) is 0 Å². The summed E-state index contributed by atoms with van der Waals surface area (Å²) in [7, 11) is -2.28. The first-order valence-corrected chi connectivity index (χ1v) is 11.9. The fraction of sp³-hybridized carbons (Fsp3) is 0.391. The van der Waals surface area contributed by atoms with Crippen LogP contribution in [-0.4, -0.2) is 56.1 Å². The van der Waals surface area contributed by atoms with Crippen molar-refractivity contribution in [2.45, 2.75) is 38.0 Å². The van der Waals surface area contributed by atoms with Gasteiger partial charge in [-0.2, -0.15) is 4.31 Å². The molecule has 1 aliphatic rings. The number of carbonyl (C=O) groups is 2. The number of piperidine rings is 1. The van der Waals surface area contributed by atoms with Crippen LogP contribution in [0.3, 0.4) is 0 Å². The van der Waals surface area contributed by atoms with Gasteiger partial charge in [0.2, 0.25) is 15.9 Å². The molecule has 0 unspecified atom stereocenters. The molecule has 3 rings (SSSR count). The van der Waals surface area contributed by atoms with Crippen LogP contribution in [0.2, 0.25) is 0 Å². The number of likely N-dealkylation sites (N-methyl/N-ethyl adjacent to an activating group) is 1. The van der Waals surface area contributed by atoms with Crippen LogP contribution in [0.5, 0.6) is 0 Å². The SMILES string of the molecule is Cc1cccc(C)c1NC(=O)CN(C)C(=O)c1ccccc1S(=O)(=O)N1CCCCC1. The molecule has 2 aromatic carbocycles.